The summed E-state index contributed by atoms with van der Waals surface area (Å²) in [7, 11) is 1.93. The highest BCUT2D eigenvalue weighted by Crippen LogP contribution is 2.30. The zero-order valence-electron chi connectivity index (χ0n) is 20.2. The van der Waals surface area contributed by atoms with E-state index < -0.39 is 11.9 Å². The smallest absolute Gasteiger partial charge is 0.319 e. The van der Waals surface area contributed by atoms with Crippen molar-refractivity contribution >= 4 is 23.8 Å². The van der Waals surface area contributed by atoms with Gasteiger partial charge in [0.1, 0.15) is 6.04 Å². The molecule has 35 heavy (non-hydrogen) atoms. The summed E-state index contributed by atoms with van der Waals surface area (Å²) in [5, 5.41) is 2.34. The minimum absolute atomic E-state index is 0.135. The summed E-state index contributed by atoms with van der Waals surface area (Å²) in [5.74, 6) is 5.99. The highest BCUT2D eigenvalue weighted by molar-refractivity contribution is 6.05. The Hall–Kier alpha value is -3.34. The van der Waals surface area contributed by atoms with Crippen LogP contribution in [0.3, 0.4) is 0 Å². The van der Waals surface area contributed by atoms with Gasteiger partial charge in [0.05, 0.1) is 0 Å². The molecule has 1 aromatic rings. The van der Waals surface area contributed by atoms with Crippen molar-refractivity contribution in [1.29, 1.82) is 0 Å². The van der Waals surface area contributed by atoms with E-state index in [0.717, 1.165) is 36.8 Å². The van der Waals surface area contributed by atoms with Gasteiger partial charge in [0.15, 0.2) is 0 Å². The number of carbonyl (C=O) groups excluding carboxylic acids is 4. The fraction of sp³-hybridized carbons (Fsp3) is 0.556. The van der Waals surface area contributed by atoms with Crippen molar-refractivity contribution in [2.45, 2.75) is 70.0 Å². The monoisotopic (exact) mass is 476 g/mol. The van der Waals surface area contributed by atoms with Gasteiger partial charge in [-0.05, 0) is 49.8 Å². The van der Waals surface area contributed by atoms with Crippen LogP contribution in [-0.2, 0) is 16.1 Å². The first-order chi connectivity index (χ1) is 16.9. The molecule has 8 heteroatoms. The average molecular weight is 477 g/mol. The third-order valence-electron chi connectivity index (χ3n) is 7.93. The van der Waals surface area contributed by atoms with Crippen molar-refractivity contribution < 1.29 is 19.2 Å². The fourth-order valence-corrected chi connectivity index (χ4v) is 5.77. The number of rotatable bonds is 2. The predicted molar refractivity (Wildman–Crippen MR) is 129 cm³/mol. The van der Waals surface area contributed by atoms with Gasteiger partial charge in [-0.1, -0.05) is 30.7 Å². The van der Waals surface area contributed by atoms with Gasteiger partial charge in [0.25, 0.3) is 5.91 Å². The van der Waals surface area contributed by atoms with E-state index in [1.165, 1.54) is 12.8 Å². The molecule has 1 atom stereocenters. The molecule has 1 saturated carbocycles. The predicted octanol–water partition coefficient (Wildman–Crippen LogP) is 2.51. The third-order valence-corrected chi connectivity index (χ3v) is 7.93. The topological polar surface area (TPSA) is 90.0 Å². The van der Waals surface area contributed by atoms with E-state index in [2.05, 4.69) is 17.2 Å². The molecular weight excluding hydrogens is 444 g/mol. The van der Waals surface area contributed by atoms with Crippen molar-refractivity contribution in [2.75, 3.05) is 20.1 Å². The number of piperidine rings is 2. The molecule has 1 aromatic carbocycles. The second-order valence-corrected chi connectivity index (χ2v) is 10.1. The Balaban J connectivity index is 1.22. The second kappa shape index (κ2) is 9.73. The van der Waals surface area contributed by atoms with Gasteiger partial charge in [0, 0.05) is 56.2 Å². The largest absolute Gasteiger partial charge is 0.325 e. The molecule has 1 aliphatic carbocycles. The molecule has 184 valence electrons. The van der Waals surface area contributed by atoms with E-state index in [-0.39, 0.29) is 30.2 Å². The maximum absolute atomic E-state index is 13.0. The number of nitrogens with one attached hydrogen (secondary N) is 1. The molecule has 0 spiro atoms. The summed E-state index contributed by atoms with van der Waals surface area (Å²) >= 11 is 0. The number of benzene rings is 1. The van der Waals surface area contributed by atoms with Crippen LogP contribution in [0, 0.1) is 17.8 Å². The van der Waals surface area contributed by atoms with Crippen LogP contribution in [0.1, 0.15) is 72.9 Å². The van der Waals surface area contributed by atoms with Crippen molar-refractivity contribution in [2.24, 2.45) is 5.92 Å². The summed E-state index contributed by atoms with van der Waals surface area (Å²) in [6, 6.07) is 5.41. The first-order valence-electron chi connectivity index (χ1n) is 12.7. The number of fused-ring (bicyclic) bond motifs is 1. The van der Waals surface area contributed by atoms with Crippen LogP contribution in [0.2, 0.25) is 0 Å². The quantitative estimate of drug-likeness (QED) is 0.525. The van der Waals surface area contributed by atoms with E-state index in [4.69, 9.17) is 0 Å². The molecule has 3 aliphatic heterocycles. The van der Waals surface area contributed by atoms with E-state index in [1.54, 1.807) is 11.0 Å². The molecule has 5 rings (SSSR count). The summed E-state index contributed by atoms with van der Waals surface area (Å²) < 4.78 is 0. The number of hydrogen-bond acceptors (Lipinski definition) is 4. The standard InChI is InChI=1S/C27H32N4O4/c1-29(20-6-2-3-7-20)27(35)30-15-13-18(14-16-30)9-10-19-5-4-8-21-22(19)17-31(26(21)34)23-11-12-24(32)28-25(23)33/h4-5,8,18,20,23H,2-3,6-7,11-17H2,1H3,(H,28,32,33). The van der Waals surface area contributed by atoms with Crippen LogP contribution in [0.15, 0.2) is 18.2 Å². The number of nitrogens with zero attached hydrogens (tertiary/aromatic N) is 3. The van der Waals surface area contributed by atoms with Crippen molar-refractivity contribution in [3.63, 3.8) is 0 Å². The lowest BCUT2D eigenvalue weighted by Gasteiger charge is -2.35. The Morgan fingerprint density at radius 1 is 1.06 bits per heavy atom. The Kier molecular flexibility index (Phi) is 6.50. The lowest BCUT2D eigenvalue weighted by Crippen LogP contribution is -2.52. The fourth-order valence-electron chi connectivity index (χ4n) is 5.77. The van der Waals surface area contributed by atoms with Crippen molar-refractivity contribution in [3.8, 4) is 11.8 Å². The van der Waals surface area contributed by atoms with Gasteiger partial charge >= 0.3 is 6.03 Å². The summed E-state index contributed by atoms with van der Waals surface area (Å²) in [6.07, 6.45) is 6.89. The molecule has 1 unspecified atom stereocenters. The van der Waals surface area contributed by atoms with E-state index in [0.29, 0.717) is 37.7 Å². The molecule has 3 fully saturated rings. The number of urea groups is 1. The van der Waals surface area contributed by atoms with Gasteiger partial charge < -0.3 is 14.7 Å². The normalized spacial score (nSPS) is 23.1. The van der Waals surface area contributed by atoms with Crippen molar-refractivity contribution in [1.82, 2.24) is 20.0 Å². The first-order valence-corrected chi connectivity index (χ1v) is 12.7. The van der Waals surface area contributed by atoms with Crippen LogP contribution in [0.25, 0.3) is 0 Å². The van der Waals surface area contributed by atoms with Gasteiger partial charge in [-0.2, -0.15) is 0 Å². The van der Waals surface area contributed by atoms with Gasteiger partial charge in [0.2, 0.25) is 11.8 Å². The Morgan fingerprint density at radius 3 is 2.51 bits per heavy atom. The molecule has 0 bridgehead atoms. The van der Waals surface area contributed by atoms with Crippen LogP contribution in [0.5, 0.6) is 0 Å². The molecule has 3 heterocycles. The third kappa shape index (κ3) is 4.64. The Morgan fingerprint density at radius 2 is 1.80 bits per heavy atom. The molecule has 4 aliphatic rings. The lowest BCUT2D eigenvalue weighted by molar-refractivity contribution is -0.136. The lowest BCUT2D eigenvalue weighted by atomic mass is 9.96. The molecule has 2 saturated heterocycles. The van der Waals surface area contributed by atoms with Crippen LogP contribution < -0.4 is 5.32 Å². The molecule has 0 radical (unpaired) electrons. The highest BCUT2D eigenvalue weighted by atomic mass is 16.2. The Bertz CT molecular complexity index is 1110. The minimum atomic E-state index is -0.627. The average Bonchev–Trinajstić information content (AvgIpc) is 3.51. The second-order valence-electron chi connectivity index (χ2n) is 10.1. The molecule has 5 amide bonds. The minimum Gasteiger partial charge on any atom is -0.325 e. The SMILES string of the molecule is CN(C(=O)N1CCC(C#Cc2cccc3c2CN(C2CCC(=O)NC2=O)C3=O)CC1)C1CCCC1. The van der Waals surface area contributed by atoms with Crippen LogP contribution in [-0.4, -0.2) is 70.7 Å². The number of carbonyl (C=O) groups is 4. The van der Waals surface area contributed by atoms with Crippen molar-refractivity contribution in [3.05, 3.63) is 34.9 Å². The number of amides is 5. The highest BCUT2D eigenvalue weighted by Gasteiger charge is 2.39. The first kappa shape index (κ1) is 23.4. The number of hydrogen-bond donors (Lipinski definition) is 1. The van der Waals surface area contributed by atoms with Gasteiger partial charge in [-0.15, -0.1) is 0 Å². The number of imide groups is 1. The maximum Gasteiger partial charge on any atom is 0.319 e. The molecular formula is C27H32N4O4. The summed E-state index contributed by atoms with van der Waals surface area (Å²) in [5.41, 5.74) is 2.24. The van der Waals surface area contributed by atoms with E-state index >= 15 is 0 Å². The van der Waals surface area contributed by atoms with Crippen LogP contribution in [0.4, 0.5) is 4.79 Å². The summed E-state index contributed by atoms with van der Waals surface area (Å²) in [4.78, 5) is 55.1. The zero-order valence-corrected chi connectivity index (χ0v) is 20.2. The van der Waals surface area contributed by atoms with Crippen LogP contribution >= 0.6 is 0 Å². The summed E-state index contributed by atoms with van der Waals surface area (Å²) in [6.45, 7) is 1.75. The van der Waals surface area contributed by atoms with Gasteiger partial charge in [-0.3, -0.25) is 19.7 Å². The molecule has 1 N–H and O–H groups in total. The zero-order chi connectivity index (χ0) is 24.5. The van der Waals surface area contributed by atoms with E-state index in [1.807, 2.05) is 29.0 Å². The van der Waals surface area contributed by atoms with Gasteiger partial charge in [-0.25, -0.2) is 4.79 Å². The molecule has 8 nitrogen and oxygen atoms in total. The maximum atomic E-state index is 13.0. The van der Waals surface area contributed by atoms with E-state index in [9.17, 15) is 19.2 Å². The molecule has 0 aromatic heterocycles. The Labute approximate surface area is 206 Å². The number of likely N-dealkylation sites (tertiary alicyclic amines) is 1.